The largest absolute Gasteiger partial charge is 0.497 e. The van der Waals surface area contributed by atoms with Crippen molar-refractivity contribution in [2.45, 2.75) is 11.3 Å². The number of hydrogen-bond donors (Lipinski definition) is 2. The van der Waals surface area contributed by atoms with Crippen LogP contribution in [0, 0.1) is 0 Å². The minimum absolute atomic E-state index is 0.220. The van der Waals surface area contributed by atoms with Gasteiger partial charge in [0.15, 0.2) is 0 Å². The first-order valence-electron chi connectivity index (χ1n) is 7.71. The molecule has 25 heavy (non-hydrogen) atoms. The highest BCUT2D eigenvalue weighted by Crippen LogP contribution is 2.33. The van der Waals surface area contributed by atoms with Crippen molar-refractivity contribution in [2.75, 3.05) is 25.1 Å². The summed E-state index contributed by atoms with van der Waals surface area (Å²) in [5.74, 6) is 0.555. The summed E-state index contributed by atoms with van der Waals surface area (Å²) in [7, 11) is -2.91. The SMILES string of the molecule is COc1cccc(-c2cc(N3CCCNC3=O)ccc2S(=O)(=O)O)c1. The monoisotopic (exact) mass is 362 g/mol. The van der Waals surface area contributed by atoms with Crippen LogP contribution in [0.4, 0.5) is 10.5 Å². The summed E-state index contributed by atoms with van der Waals surface area (Å²) in [6, 6.07) is 11.0. The van der Waals surface area contributed by atoms with Gasteiger partial charge < -0.3 is 10.1 Å². The van der Waals surface area contributed by atoms with Crippen LogP contribution in [0.1, 0.15) is 6.42 Å². The topological polar surface area (TPSA) is 95.9 Å². The lowest BCUT2D eigenvalue weighted by molar-refractivity contribution is 0.243. The van der Waals surface area contributed by atoms with E-state index in [0.29, 0.717) is 35.7 Å². The van der Waals surface area contributed by atoms with Gasteiger partial charge in [0, 0.05) is 24.3 Å². The number of hydrogen-bond acceptors (Lipinski definition) is 4. The third-order valence-corrected chi connectivity index (χ3v) is 4.93. The van der Waals surface area contributed by atoms with Gasteiger partial charge in [-0.25, -0.2) is 4.79 Å². The van der Waals surface area contributed by atoms with Crippen molar-refractivity contribution in [3.05, 3.63) is 42.5 Å². The van der Waals surface area contributed by atoms with Gasteiger partial charge >= 0.3 is 6.03 Å². The second-order valence-electron chi connectivity index (χ2n) is 5.62. The Balaban J connectivity index is 2.15. The van der Waals surface area contributed by atoms with E-state index in [9.17, 15) is 17.8 Å². The van der Waals surface area contributed by atoms with Gasteiger partial charge in [-0.15, -0.1) is 0 Å². The first-order chi connectivity index (χ1) is 11.9. The Hall–Kier alpha value is -2.58. The molecule has 0 saturated carbocycles. The lowest BCUT2D eigenvalue weighted by Gasteiger charge is -2.28. The van der Waals surface area contributed by atoms with E-state index < -0.39 is 10.1 Å². The molecule has 1 aliphatic rings. The smallest absolute Gasteiger partial charge is 0.321 e. The van der Waals surface area contributed by atoms with Crippen LogP contribution in [0.15, 0.2) is 47.4 Å². The zero-order valence-electron chi connectivity index (χ0n) is 13.6. The molecular weight excluding hydrogens is 344 g/mol. The lowest BCUT2D eigenvalue weighted by Crippen LogP contribution is -2.46. The Bertz CT molecular complexity index is 911. The number of rotatable bonds is 4. The van der Waals surface area contributed by atoms with Crippen molar-refractivity contribution in [3.63, 3.8) is 0 Å². The molecule has 1 fully saturated rings. The van der Waals surface area contributed by atoms with E-state index in [1.165, 1.54) is 19.2 Å². The third-order valence-electron chi connectivity index (χ3n) is 4.01. The van der Waals surface area contributed by atoms with Crippen molar-refractivity contribution >= 4 is 21.8 Å². The number of carbonyl (C=O) groups is 1. The molecule has 0 radical (unpaired) electrons. The second-order valence-corrected chi connectivity index (χ2v) is 7.01. The summed E-state index contributed by atoms with van der Waals surface area (Å²) in [4.78, 5) is 13.4. The Morgan fingerprint density at radius 1 is 1.20 bits per heavy atom. The van der Waals surface area contributed by atoms with Crippen molar-refractivity contribution in [1.29, 1.82) is 0 Å². The Morgan fingerprint density at radius 3 is 2.68 bits per heavy atom. The molecule has 0 unspecified atom stereocenters. The number of urea groups is 1. The molecule has 0 atom stereocenters. The molecule has 0 aliphatic carbocycles. The number of anilines is 1. The zero-order chi connectivity index (χ0) is 18.0. The van der Waals surface area contributed by atoms with Crippen molar-refractivity contribution in [2.24, 2.45) is 0 Å². The molecule has 0 aromatic heterocycles. The van der Waals surface area contributed by atoms with Gasteiger partial charge in [0.2, 0.25) is 0 Å². The van der Waals surface area contributed by atoms with Gasteiger partial charge in [0.1, 0.15) is 10.6 Å². The zero-order valence-corrected chi connectivity index (χ0v) is 14.4. The van der Waals surface area contributed by atoms with E-state index in [2.05, 4.69) is 5.32 Å². The van der Waals surface area contributed by atoms with Crippen molar-refractivity contribution in [3.8, 4) is 16.9 Å². The number of nitrogens with one attached hydrogen (secondary N) is 1. The average Bonchev–Trinajstić information content (AvgIpc) is 2.61. The maximum atomic E-state index is 12.1. The van der Waals surface area contributed by atoms with E-state index in [4.69, 9.17) is 4.74 Å². The maximum Gasteiger partial charge on any atom is 0.321 e. The molecule has 1 saturated heterocycles. The molecule has 0 spiro atoms. The number of ether oxygens (including phenoxy) is 1. The van der Waals surface area contributed by atoms with Gasteiger partial charge in [-0.1, -0.05) is 12.1 Å². The first-order valence-corrected chi connectivity index (χ1v) is 9.15. The highest BCUT2D eigenvalue weighted by molar-refractivity contribution is 7.86. The summed E-state index contributed by atoms with van der Waals surface area (Å²) in [5, 5.41) is 2.75. The molecule has 0 bridgehead atoms. The van der Waals surface area contributed by atoms with Crippen LogP contribution in [-0.2, 0) is 10.1 Å². The number of methoxy groups -OCH3 is 1. The molecule has 132 valence electrons. The standard InChI is InChI=1S/C17H18N2O5S/c1-24-14-5-2-4-12(10-14)15-11-13(6-7-16(15)25(21,22)23)19-9-3-8-18-17(19)20/h2,4-7,10-11H,3,8-9H2,1H3,(H,18,20)(H,21,22,23). The highest BCUT2D eigenvalue weighted by Gasteiger charge is 2.23. The van der Waals surface area contributed by atoms with Gasteiger partial charge in [0.25, 0.3) is 10.1 Å². The number of benzene rings is 2. The second kappa shape index (κ2) is 6.73. The Morgan fingerprint density at radius 2 is 2.00 bits per heavy atom. The molecule has 7 nitrogen and oxygen atoms in total. The molecular formula is C17H18N2O5S. The van der Waals surface area contributed by atoms with Gasteiger partial charge in [0.05, 0.1) is 7.11 Å². The fourth-order valence-electron chi connectivity index (χ4n) is 2.80. The summed E-state index contributed by atoms with van der Waals surface area (Å²) in [6.45, 7) is 1.15. The molecule has 3 rings (SSSR count). The minimum Gasteiger partial charge on any atom is -0.497 e. The minimum atomic E-state index is -4.42. The molecule has 2 N–H and O–H groups in total. The van der Waals surface area contributed by atoms with Crippen LogP contribution in [0.3, 0.4) is 0 Å². The molecule has 2 aromatic rings. The maximum absolute atomic E-state index is 12.1. The molecule has 2 aromatic carbocycles. The van der Waals surface area contributed by atoms with E-state index in [-0.39, 0.29) is 10.9 Å². The normalized spacial score (nSPS) is 15.0. The number of amides is 2. The first kappa shape index (κ1) is 17.2. The van der Waals surface area contributed by atoms with E-state index >= 15 is 0 Å². The van der Waals surface area contributed by atoms with Gasteiger partial charge in [-0.3, -0.25) is 9.45 Å². The lowest BCUT2D eigenvalue weighted by atomic mass is 10.0. The quantitative estimate of drug-likeness (QED) is 0.815. The molecule has 1 heterocycles. The molecule has 1 aliphatic heterocycles. The molecule has 8 heteroatoms. The third kappa shape index (κ3) is 3.59. The van der Waals surface area contributed by atoms with Crippen LogP contribution < -0.4 is 15.0 Å². The molecule has 2 amide bonds. The van der Waals surface area contributed by atoms with Crippen LogP contribution in [-0.4, -0.2) is 39.2 Å². The van der Waals surface area contributed by atoms with Crippen LogP contribution in [0.2, 0.25) is 0 Å². The summed E-state index contributed by atoms with van der Waals surface area (Å²) < 4.78 is 38.3. The van der Waals surface area contributed by atoms with E-state index in [1.54, 1.807) is 35.2 Å². The van der Waals surface area contributed by atoms with Crippen LogP contribution in [0.5, 0.6) is 5.75 Å². The van der Waals surface area contributed by atoms with Crippen molar-refractivity contribution < 1.29 is 22.5 Å². The predicted octanol–water partition coefficient (Wildman–Crippen LogP) is 2.53. The van der Waals surface area contributed by atoms with Crippen LogP contribution >= 0.6 is 0 Å². The number of nitrogens with zero attached hydrogens (tertiary/aromatic N) is 1. The predicted molar refractivity (Wildman–Crippen MR) is 93.6 cm³/mol. The summed E-state index contributed by atoms with van der Waals surface area (Å²) in [5.41, 5.74) is 1.42. The highest BCUT2D eigenvalue weighted by atomic mass is 32.2. The van der Waals surface area contributed by atoms with Crippen molar-refractivity contribution in [1.82, 2.24) is 5.32 Å². The fourth-order valence-corrected chi connectivity index (χ4v) is 3.50. The Labute approximate surface area is 146 Å². The summed E-state index contributed by atoms with van der Waals surface area (Å²) in [6.07, 6.45) is 0.792. The van der Waals surface area contributed by atoms with E-state index in [1.807, 2.05) is 0 Å². The average molecular weight is 362 g/mol. The van der Waals surface area contributed by atoms with Gasteiger partial charge in [-0.2, -0.15) is 8.42 Å². The Kier molecular flexibility index (Phi) is 4.65. The van der Waals surface area contributed by atoms with E-state index in [0.717, 1.165) is 6.42 Å². The van der Waals surface area contributed by atoms with Gasteiger partial charge in [-0.05, 0) is 42.3 Å². The van der Waals surface area contributed by atoms with Crippen LogP contribution in [0.25, 0.3) is 11.1 Å². The fraction of sp³-hybridized carbons (Fsp3) is 0.235. The summed E-state index contributed by atoms with van der Waals surface area (Å²) >= 11 is 0. The number of carbonyl (C=O) groups excluding carboxylic acids is 1.